The maximum atomic E-state index is 5.17. The summed E-state index contributed by atoms with van der Waals surface area (Å²) in [4.78, 5) is 7.92. The molecule has 0 spiro atoms. The van der Waals surface area contributed by atoms with Gasteiger partial charge in [-0.15, -0.1) is 0 Å². The van der Waals surface area contributed by atoms with Crippen LogP contribution in [0.2, 0.25) is 0 Å². The van der Waals surface area contributed by atoms with Crippen molar-refractivity contribution in [2.24, 2.45) is 0 Å². The molecule has 0 aliphatic carbocycles. The van der Waals surface area contributed by atoms with Crippen molar-refractivity contribution in [2.75, 3.05) is 53.5 Å². The molecule has 0 radical (unpaired) electrons. The summed E-state index contributed by atoms with van der Waals surface area (Å²) in [7, 11) is 4.08. The Morgan fingerprint density at radius 1 is 1.06 bits per heavy atom. The van der Waals surface area contributed by atoms with Crippen molar-refractivity contribution < 1.29 is 4.74 Å². The van der Waals surface area contributed by atoms with E-state index in [1.807, 2.05) is 0 Å². The van der Waals surface area contributed by atoms with Gasteiger partial charge in [-0.3, -0.25) is 4.90 Å². The summed E-state index contributed by atoms with van der Waals surface area (Å²) in [5, 5.41) is 0. The van der Waals surface area contributed by atoms with E-state index in [-0.39, 0.29) is 0 Å². The molecule has 3 aliphatic rings. The van der Waals surface area contributed by atoms with E-state index in [0.717, 1.165) is 31.3 Å². The third-order valence-electron chi connectivity index (χ3n) is 5.19. The van der Waals surface area contributed by atoms with E-state index in [0.29, 0.717) is 0 Å². The van der Waals surface area contributed by atoms with Crippen LogP contribution in [-0.2, 0) is 4.74 Å². The predicted molar refractivity (Wildman–Crippen MR) is 72.9 cm³/mol. The van der Waals surface area contributed by atoms with Crippen molar-refractivity contribution in [2.45, 2.75) is 37.4 Å². The number of ether oxygens (including phenoxy) is 1. The number of hydrogen-bond acceptors (Lipinski definition) is 4. The van der Waals surface area contributed by atoms with Crippen LogP contribution in [0.4, 0.5) is 0 Å². The van der Waals surface area contributed by atoms with E-state index in [4.69, 9.17) is 4.74 Å². The van der Waals surface area contributed by atoms with E-state index in [9.17, 15) is 0 Å². The number of hydrogen-bond donors (Lipinski definition) is 0. The van der Waals surface area contributed by atoms with E-state index in [1.54, 1.807) is 7.11 Å². The predicted octanol–water partition coefficient (Wildman–Crippen LogP) is 0.486. The average Bonchev–Trinajstić information content (AvgIpc) is 2.96. The lowest BCUT2D eigenvalue weighted by atomic mass is 10.0. The Morgan fingerprint density at radius 3 is 2.39 bits per heavy atom. The van der Waals surface area contributed by atoms with Crippen LogP contribution in [-0.4, -0.2) is 86.3 Å². The van der Waals surface area contributed by atoms with Crippen molar-refractivity contribution in [3.63, 3.8) is 0 Å². The van der Waals surface area contributed by atoms with Crippen molar-refractivity contribution in [1.29, 1.82) is 0 Å². The molecule has 2 atom stereocenters. The van der Waals surface area contributed by atoms with Crippen LogP contribution in [0.1, 0.15) is 19.3 Å². The van der Waals surface area contributed by atoms with Gasteiger partial charge < -0.3 is 14.5 Å². The molecule has 4 heteroatoms. The van der Waals surface area contributed by atoms with E-state index >= 15 is 0 Å². The number of rotatable bonds is 4. The minimum Gasteiger partial charge on any atom is -0.383 e. The molecule has 3 heterocycles. The maximum Gasteiger partial charge on any atom is 0.0589 e. The summed E-state index contributed by atoms with van der Waals surface area (Å²) in [5.74, 6) is 0. The van der Waals surface area contributed by atoms with Crippen molar-refractivity contribution in [3.8, 4) is 0 Å². The first-order valence-corrected chi connectivity index (χ1v) is 7.45. The molecular formula is C14H27N3O. The zero-order chi connectivity index (χ0) is 12.5. The Labute approximate surface area is 111 Å². The quantitative estimate of drug-likeness (QED) is 0.725. The fraction of sp³-hybridized carbons (Fsp3) is 1.00. The topological polar surface area (TPSA) is 19.0 Å². The summed E-state index contributed by atoms with van der Waals surface area (Å²) >= 11 is 0. The second-order valence-corrected chi connectivity index (χ2v) is 6.25. The third kappa shape index (κ3) is 2.44. The fourth-order valence-corrected chi connectivity index (χ4v) is 4.04. The number of likely N-dealkylation sites (N-methyl/N-ethyl adjacent to an activating group) is 1. The van der Waals surface area contributed by atoms with Gasteiger partial charge in [0.1, 0.15) is 0 Å². The Bertz CT molecular complexity index is 276. The van der Waals surface area contributed by atoms with Gasteiger partial charge in [-0.25, -0.2) is 0 Å². The molecular weight excluding hydrogens is 226 g/mol. The van der Waals surface area contributed by atoms with Crippen LogP contribution in [0.25, 0.3) is 0 Å². The Balaban J connectivity index is 1.46. The standard InChI is InChI=1S/C14H27N3O/c1-15-10-14-9-13(15)11-17(14)12-3-5-16(6-4-12)7-8-18-2/h12-14H,3-11H2,1-2H3/t13-,14-/m1/s1. The molecule has 0 aromatic carbocycles. The van der Waals surface area contributed by atoms with Crippen molar-refractivity contribution >= 4 is 0 Å². The summed E-state index contributed by atoms with van der Waals surface area (Å²) in [6, 6.07) is 2.56. The lowest BCUT2D eigenvalue weighted by Crippen LogP contribution is -2.52. The Hall–Kier alpha value is -0.160. The molecule has 4 nitrogen and oxygen atoms in total. The lowest BCUT2D eigenvalue weighted by molar-refractivity contribution is 0.0546. The minimum absolute atomic E-state index is 0.849. The summed E-state index contributed by atoms with van der Waals surface area (Å²) in [6.07, 6.45) is 4.13. The highest BCUT2D eigenvalue weighted by Gasteiger charge is 2.44. The Kier molecular flexibility index (Phi) is 3.89. The van der Waals surface area contributed by atoms with Crippen LogP contribution in [0, 0.1) is 0 Å². The van der Waals surface area contributed by atoms with Gasteiger partial charge in [0.25, 0.3) is 0 Å². The molecule has 3 aliphatic heterocycles. The largest absolute Gasteiger partial charge is 0.383 e. The third-order valence-corrected chi connectivity index (χ3v) is 5.19. The minimum atomic E-state index is 0.849. The van der Waals surface area contributed by atoms with Gasteiger partial charge in [-0.2, -0.15) is 0 Å². The molecule has 3 fully saturated rings. The van der Waals surface area contributed by atoms with Gasteiger partial charge in [0, 0.05) is 44.9 Å². The molecule has 0 saturated carbocycles. The fourth-order valence-electron chi connectivity index (χ4n) is 4.04. The van der Waals surface area contributed by atoms with E-state index in [1.165, 1.54) is 45.4 Å². The Morgan fingerprint density at radius 2 is 1.83 bits per heavy atom. The maximum absolute atomic E-state index is 5.17. The highest BCUT2D eigenvalue weighted by atomic mass is 16.5. The first-order chi connectivity index (χ1) is 8.78. The molecule has 0 unspecified atom stereocenters. The number of piperidine rings is 1. The van der Waals surface area contributed by atoms with Gasteiger partial charge in [0.15, 0.2) is 0 Å². The highest BCUT2D eigenvalue weighted by molar-refractivity contribution is 5.01. The van der Waals surface area contributed by atoms with Crippen LogP contribution in [0.3, 0.4) is 0 Å². The van der Waals surface area contributed by atoms with Crippen molar-refractivity contribution in [1.82, 2.24) is 14.7 Å². The second-order valence-electron chi connectivity index (χ2n) is 6.25. The molecule has 18 heavy (non-hydrogen) atoms. The van der Waals surface area contributed by atoms with E-state index < -0.39 is 0 Å². The zero-order valence-electron chi connectivity index (χ0n) is 11.8. The first kappa shape index (κ1) is 12.9. The van der Waals surface area contributed by atoms with Crippen LogP contribution < -0.4 is 0 Å². The molecule has 2 bridgehead atoms. The molecule has 0 aromatic rings. The number of likely N-dealkylation sites (tertiary alicyclic amines) is 3. The summed E-state index contributed by atoms with van der Waals surface area (Å²) in [6.45, 7) is 7.13. The highest BCUT2D eigenvalue weighted by Crippen LogP contribution is 2.33. The van der Waals surface area contributed by atoms with Gasteiger partial charge >= 0.3 is 0 Å². The smallest absolute Gasteiger partial charge is 0.0589 e. The lowest BCUT2D eigenvalue weighted by Gasteiger charge is -2.42. The van der Waals surface area contributed by atoms with Crippen LogP contribution in [0.15, 0.2) is 0 Å². The van der Waals surface area contributed by atoms with Gasteiger partial charge in [0.05, 0.1) is 6.61 Å². The van der Waals surface area contributed by atoms with Crippen LogP contribution in [0.5, 0.6) is 0 Å². The normalized spacial score (nSPS) is 35.7. The average molecular weight is 253 g/mol. The molecule has 0 N–H and O–H groups in total. The molecule has 0 amide bonds. The SMILES string of the molecule is COCCN1CCC(N2C[C@H]3C[C@@H]2CN3C)CC1. The second kappa shape index (κ2) is 5.45. The van der Waals surface area contributed by atoms with Crippen LogP contribution >= 0.6 is 0 Å². The molecule has 104 valence electrons. The summed E-state index contributed by atoms with van der Waals surface area (Å²) in [5.41, 5.74) is 0. The molecule has 3 saturated heterocycles. The molecule has 0 aromatic heterocycles. The number of piperazine rings is 1. The van der Waals surface area contributed by atoms with Crippen molar-refractivity contribution in [3.05, 3.63) is 0 Å². The first-order valence-electron chi connectivity index (χ1n) is 7.45. The van der Waals surface area contributed by atoms with Gasteiger partial charge in [-0.05, 0) is 39.4 Å². The summed E-state index contributed by atoms with van der Waals surface area (Å²) < 4.78 is 5.17. The number of nitrogens with zero attached hydrogens (tertiary/aromatic N) is 3. The molecule has 3 rings (SSSR count). The zero-order valence-corrected chi connectivity index (χ0v) is 11.8. The van der Waals surface area contributed by atoms with E-state index in [2.05, 4.69) is 21.7 Å². The number of methoxy groups -OCH3 is 1. The van der Waals surface area contributed by atoms with Gasteiger partial charge in [0.2, 0.25) is 0 Å². The monoisotopic (exact) mass is 253 g/mol. The number of fused-ring (bicyclic) bond motifs is 2. The van der Waals surface area contributed by atoms with Gasteiger partial charge in [-0.1, -0.05) is 0 Å².